The standard InChI is InChI=1S/C24H18F3N5O2S/c25-24(26,27)16-2-1-3-18(12-16)32-20(14-4-5-14)19(13-29-32)22(34)30-17-8-6-15(7-9-17)21(33)31-23-28-10-11-35-23/h1-3,6-14H,4-5H2,(H,30,34)(H,28,31,33). The molecule has 1 fully saturated rings. The molecule has 0 radical (unpaired) electrons. The minimum Gasteiger partial charge on any atom is -0.322 e. The summed E-state index contributed by atoms with van der Waals surface area (Å²) in [5.41, 5.74) is 1.22. The van der Waals surface area contributed by atoms with Gasteiger partial charge in [-0.15, -0.1) is 11.3 Å². The van der Waals surface area contributed by atoms with Gasteiger partial charge in [-0.2, -0.15) is 18.3 Å². The van der Waals surface area contributed by atoms with Crippen LogP contribution in [0.3, 0.4) is 0 Å². The van der Waals surface area contributed by atoms with E-state index in [2.05, 4.69) is 20.7 Å². The van der Waals surface area contributed by atoms with Crippen LogP contribution in [0.2, 0.25) is 0 Å². The number of carbonyl (C=O) groups excluding carboxylic acids is 2. The predicted octanol–water partition coefficient (Wildman–Crippen LogP) is 5.73. The van der Waals surface area contributed by atoms with Gasteiger partial charge in [0, 0.05) is 28.7 Å². The third kappa shape index (κ3) is 4.94. The molecule has 0 saturated heterocycles. The Morgan fingerprint density at radius 1 is 1.03 bits per heavy atom. The first-order valence-corrected chi connectivity index (χ1v) is 11.6. The molecule has 0 unspecified atom stereocenters. The van der Waals surface area contributed by atoms with Crippen LogP contribution in [-0.4, -0.2) is 26.6 Å². The molecule has 178 valence electrons. The number of rotatable bonds is 6. The fourth-order valence-corrected chi connectivity index (χ4v) is 4.18. The minimum atomic E-state index is -4.48. The van der Waals surface area contributed by atoms with Crippen LogP contribution in [0.15, 0.2) is 66.3 Å². The van der Waals surface area contributed by atoms with Crippen molar-refractivity contribution >= 4 is 34.0 Å². The van der Waals surface area contributed by atoms with Crippen LogP contribution in [0, 0.1) is 0 Å². The minimum absolute atomic E-state index is 0.0460. The molecule has 0 bridgehead atoms. The first-order chi connectivity index (χ1) is 16.8. The molecular formula is C24H18F3N5O2S. The number of alkyl halides is 3. The Bertz CT molecular complexity index is 1380. The Hall–Kier alpha value is -3.99. The quantitative estimate of drug-likeness (QED) is 0.356. The molecule has 2 N–H and O–H groups in total. The first kappa shape index (κ1) is 22.8. The molecule has 4 aromatic rings. The highest BCUT2D eigenvalue weighted by atomic mass is 32.1. The van der Waals surface area contributed by atoms with Gasteiger partial charge >= 0.3 is 6.18 Å². The summed E-state index contributed by atoms with van der Waals surface area (Å²) in [6.45, 7) is 0. The van der Waals surface area contributed by atoms with E-state index in [1.165, 1.54) is 34.3 Å². The van der Waals surface area contributed by atoms with Gasteiger partial charge in [0.2, 0.25) is 0 Å². The number of nitrogens with zero attached hydrogens (tertiary/aromatic N) is 3. The van der Waals surface area contributed by atoms with Crippen molar-refractivity contribution in [2.45, 2.75) is 24.9 Å². The Morgan fingerprint density at radius 2 is 1.80 bits per heavy atom. The van der Waals surface area contributed by atoms with E-state index in [-0.39, 0.29) is 17.5 Å². The lowest BCUT2D eigenvalue weighted by Crippen LogP contribution is -2.15. The molecule has 0 aliphatic heterocycles. The number of nitrogens with one attached hydrogen (secondary N) is 2. The van der Waals surface area contributed by atoms with Crippen LogP contribution < -0.4 is 10.6 Å². The zero-order valence-electron chi connectivity index (χ0n) is 18.0. The van der Waals surface area contributed by atoms with Gasteiger partial charge in [0.05, 0.1) is 28.7 Å². The van der Waals surface area contributed by atoms with E-state index >= 15 is 0 Å². The SMILES string of the molecule is O=C(Nc1nccs1)c1ccc(NC(=O)c2cnn(-c3cccc(C(F)(F)F)c3)c2C2CC2)cc1. The molecule has 0 atom stereocenters. The smallest absolute Gasteiger partial charge is 0.322 e. The normalized spacial score (nSPS) is 13.5. The molecule has 11 heteroatoms. The number of carbonyl (C=O) groups is 2. The van der Waals surface area contributed by atoms with Crippen molar-refractivity contribution in [3.05, 3.63) is 88.7 Å². The summed E-state index contributed by atoms with van der Waals surface area (Å²) in [6.07, 6.45) is 0.136. The fraction of sp³-hybridized carbons (Fsp3) is 0.167. The van der Waals surface area contributed by atoms with Gasteiger partial charge in [-0.3, -0.25) is 14.9 Å². The maximum atomic E-state index is 13.2. The number of anilines is 2. The second-order valence-corrected chi connectivity index (χ2v) is 8.90. The molecule has 2 aromatic carbocycles. The summed E-state index contributed by atoms with van der Waals surface area (Å²) >= 11 is 1.30. The van der Waals surface area contributed by atoms with E-state index in [0.29, 0.717) is 27.6 Å². The number of aromatic nitrogens is 3. The largest absolute Gasteiger partial charge is 0.416 e. The summed E-state index contributed by atoms with van der Waals surface area (Å²) in [5, 5.41) is 11.9. The van der Waals surface area contributed by atoms with Crippen molar-refractivity contribution in [2.24, 2.45) is 0 Å². The molecule has 2 amide bonds. The third-order valence-electron chi connectivity index (χ3n) is 5.49. The number of benzene rings is 2. The summed E-state index contributed by atoms with van der Waals surface area (Å²) in [7, 11) is 0. The maximum absolute atomic E-state index is 13.2. The Balaban J connectivity index is 1.35. The highest BCUT2D eigenvalue weighted by Gasteiger charge is 2.34. The molecule has 5 rings (SSSR count). The van der Waals surface area contributed by atoms with Gasteiger partial charge in [0.15, 0.2) is 5.13 Å². The lowest BCUT2D eigenvalue weighted by atomic mass is 10.1. The predicted molar refractivity (Wildman–Crippen MR) is 125 cm³/mol. The maximum Gasteiger partial charge on any atom is 0.416 e. The summed E-state index contributed by atoms with van der Waals surface area (Å²) < 4.78 is 41.0. The molecule has 2 heterocycles. The van der Waals surface area contributed by atoms with Crippen LogP contribution >= 0.6 is 11.3 Å². The van der Waals surface area contributed by atoms with Gasteiger partial charge in [0.1, 0.15) is 0 Å². The van der Waals surface area contributed by atoms with E-state index in [0.717, 1.165) is 25.0 Å². The highest BCUT2D eigenvalue weighted by molar-refractivity contribution is 7.13. The summed E-state index contributed by atoms with van der Waals surface area (Å²) in [5.74, 6) is -0.703. The van der Waals surface area contributed by atoms with Gasteiger partial charge < -0.3 is 5.32 Å². The monoisotopic (exact) mass is 497 g/mol. The Morgan fingerprint density at radius 3 is 2.46 bits per heavy atom. The van der Waals surface area contributed by atoms with E-state index in [1.807, 2.05) is 0 Å². The lowest BCUT2D eigenvalue weighted by molar-refractivity contribution is -0.137. The van der Waals surface area contributed by atoms with Gasteiger partial charge in [-0.25, -0.2) is 9.67 Å². The van der Waals surface area contributed by atoms with Crippen LogP contribution in [0.25, 0.3) is 5.69 Å². The zero-order chi connectivity index (χ0) is 24.6. The Kier molecular flexibility index (Phi) is 5.85. The van der Waals surface area contributed by atoms with Crippen LogP contribution in [-0.2, 0) is 6.18 Å². The molecule has 35 heavy (non-hydrogen) atoms. The van der Waals surface area contributed by atoms with E-state index < -0.39 is 17.6 Å². The van der Waals surface area contributed by atoms with Crippen LogP contribution in [0.5, 0.6) is 0 Å². The van der Waals surface area contributed by atoms with Crippen molar-refractivity contribution in [3.63, 3.8) is 0 Å². The molecule has 2 aromatic heterocycles. The van der Waals surface area contributed by atoms with Crippen LogP contribution in [0.4, 0.5) is 24.0 Å². The topological polar surface area (TPSA) is 88.9 Å². The highest BCUT2D eigenvalue weighted by Crippen LogP contribution is 2.43. The van der Waals surface area contributed by atoms with Crippen molar-refractivity contribution in [3.8, 4) is 5.69 Å². The van der Waals surface area contributed by atoms with Crippen LogP contribution in [0.1, 0.15) is 50.7 Å². The average Bonchev–Trinajstić information content (AvgIpc) is 3.36. The number of halogens is 3. The number of amides is 2. The van der Waals surface area contributed by atoms with Crippen molar-refractivity contribution < 1.29 is 22.8 Å². The third-order valence-corrected chi connectivity index (χ3v) is 6.18. The molecule has 1 aliphatic carbocycles. The zero-order valence-corrected chi connectivity index (χ0v) is 18.9. The van der Waals surface area contributed by atoms with Gasteiger partial charge in [-0.1, -0.05) is 6.07 Å². The fourth-order valence-electron chi connectivity index (χ4n) is 3.66. The second-order valence-electron chi connectivity index (χ2n) is 8.00. The second kappa shape index (κ2) is 8.99. The van der Waals surface area contributed by atoms with Crippen molar-refractivity contribution in [2.75, 3.05) is 10.6 Å². The first-order valence-electron chi connectivity index (χ1n) is 10.7. The number of thiazole rings is 1. The molecule has 1 saturated carbocycles. The average molecular weight is 498 g/mol. The number of hydrogen-bond donors (Lipinski definition) is 2. The molecule has 7 nitrogen and oxygen atoms in total. The summed E-state index contributed by atoms with van der Waals surface area (Å²) in [4.78, 5) is 29.3. The van der Waals surface area contributed by atoms with Gasteiger partial charge in [0.25, 0.3) is 11.8 Å². The molecule has 1 aliphatic rings. The molecule has 0 spiro atoms. The van der Waals surface area contributed by atoms with Gasteiger partial charge in [-0.05, 0) is 55.3 Å². The Labute approximate surface area is 201 Å². The lowest BCUT2D eigenvalue weighted by Gasteiger charge is -2.12. The van der Waals surface area contributed by atoms with Crippen molar-refractivity contribution in [1.29, 1.82) is 0 Å². The van der Waals surface area contributed by atoms with E-state index in [9.17, 15) is 22.8 Å². The van der Waals surface area contributed by atoms with Crippen molar-refractivity contribution in [1.82, 2.24) is 14.8 Å². The van der Waals surface area contributed by atoms with E-state index in [4.69, 9.17) is 0 Å². The van der Waals surface area contributed by atoms with E-state index in [1.54, 1.807) is 35.8 Å². The molecular weight excluding hydrogens is 479 g/mol. The summed E-state index contributed by atoms with van der Waals surface area (Å²) in [6, 6.07) is 11.2. The number of hydrogen-bond acceptors (Lipinski definition) is 5.